The van der Waals surface area contributed by atoms with Gasteiger partial charge in [-0.05, 0) is 18.4 Å². The van der Waals surface area contributed by atoms with Gasteiger partial charge in [0.1, 0.15) is 0 Å². The van der Waals surface area contributed by atoms with Crippen molar-refractivity contribution in [1.29, 1.82) is 0 Å². The number of fused-ring (bicyclic) bond motifs is 2. The topological polar surface area (TPSA) is 23.6 Å². The number of benzene rings is 1. The molecule has 2 unspecified atom stereocenters. The van der Waals surface area contributed by atoms with E-state index in [1.165, 1.54) is 17.7 Å². The van der Waals surface area contributed by atoms with Gasteiger partial charge in [0, 0.05) is 49.9 Å². The third-order valence-corrected chi connectivity index (χ3v) is 4.91. The van der Waals surface area contributed by atoms with Crippen molar-refractivity contribution < 1.29 is 4.79 Å². The summed E-state index contributed by atoms with van der Waals surface area (Å²) in [4.78, 5) is 16.5. The number of hydrogen-bond donors (Lipinski definition) is 0. The van der Waals surface area contributed by atoms with E-state index in [0.717, 1.165) is 32.5 Å². The standard InChI is InChI=1S/C17H20N2O/c20-17-7-6-14(9-17)19-12-15-8-16(19)11-18(15)10-13-4-2-1-3-5-13/h1-5,9,15-16H,6-8,10-12H2. The molecule has 104 valence electrons. The quantitative estimate of drug-likeness (QED) is 0.839. The molecule has 2 bridgehead atoms. The number of ketones is 1. The normalized spacial score (nSPS) is 29.3. The second-order valence-corrected chi connectivity index (χ2v) is 6.21. The van der Waals surface area contributed by atoms with Gasteiger partial charge in [-0.15, -0.1) is 0 Å². The summed E-state index contributed by atoms with van der Waals surface area (Å²) >= 11 is 0. The smallest absolute Gasteiger partial charge is 0.157 e. The SMILES string of the molecule is O=C1C=C(N2CC3CC2CN3Cc2ccccc2)CC1. The lowest BCUT2D eigenvalue weighted by Gasteiger charge is -2.36. The molecule has 3 nitrogen and oxygen atoms in total. The zero-order chi connectivity index (χ0) is 13.5. The van der Waals surface area contributed by atoms with Gasteiger partial charge < -0.3 is 4.90 Å². The zero-order valence-electron chi connectivity index (χ0n) is 11.7. The number of carbonyl (C=O) groups excluding carboxylic acids is 1. The van der Waals surface area contributed by atoms with E-state index in [-0.39, 0.29) is 0 Å². The Hall–Kier alpha value is -1.61. The van der Waals surface area contributed by atoms with Crippen LogP contribution in [-0.2, 0) is 11.3 Å². The molecule has 0 aromatic heterocycles. The average Bonchev–Trinajstić information content (AvgIpc) is 3.14. The molecule has 20 heavy (non-hydrogen) atoms. The molecule has 2 heterocycles. The van der Waals surface area contributed by atoms with Crippen molar-refractivity contribution in [2.24, 2.45) is 0 Å². The summed E-state index contributed by atoms with van der Waals surface area (Å²) in [5.41, 5.74) is 2.70. The van der Waals surface area contributed by atoms with E-state index in [2.05, 4.69) is 40.1 Å². The highest BCUT2D eigenvalue weighted by Gasteiger charge is 2.44. The number of allylic oxidation sites excluding steroid dienone is 2. The third-order valence-electron chi connectivity index (χ3n) is 4.91. The summed E-state index contributed by atoms with van der Waals surface area (Å²) in [7, 11) is 0. The lowest BCUT2D eigenvalue weighted by Crippen LogP contribution is -2.45. The molecule has 4 rings (SSSR count). The number of rotatable bonds is 3. The molecule has 0 N–H and O–H groups in total. The fourth-order valence-electron chi connectivity index (χ4n) is 3.92. The number of likely N-dealkylation sites (tertiary alicyclic amines) is 2. The van der Waals surface area contributed by atoms with E-state index in [1.807, 2.05) is 6.08 Å². The van der Waals surface area contributed by atoms with Crippen LogP contribution in [0.3, 0.4) is 0 Å². The van der Waals surface area contributed by atoms with Crippen molar-refractivity contribution in [2.45, 2.75) is 37.9 Å². The van der Waals surface area contributed by atoms with E-state index in [4.69, 9.17) is 0 Å². The predicted molar refractivity (Wildman–Crippen MR) is 78.1 cm³/mol. The first-order chi connectivity index (χ1) is 9.79. The average molecular weight is 268 g/mol. The van der Waals surface area contributed by atoms with Crippen molar-refractivity contribution in [3.8, 4) is 0 Å². The molecule has 2 aliphatic heterocycles. The Balaban J connectivity index is 1.43. The summed E-state index contributed by atoms with van der Waals surface area (Å²) < 4.78 is 0. The molecular weight excluding hydrogens is 248 g/mol. The monoisotopic (exact) mass is 268 g/mol. The minimum atomic E-state index is 0.309. The zero-order valence-corrected chi connectivity index (χ0v) is 11.7. The molecule has 0 amide bonds. The van der Waals surface area contributed by atoms with Crippen LogP contribution in [0, 0.1) is 0 Å². The van der Waals surface area contributed by atoms with Crippen LogP contribution in [0.5, 0.6) is 0 Å². The van der Waals surface area contributed by atoms with Gasteiger partial charge in [-0.1, -0.05) is 30.3 Å². The van der Waals surface area contributed by atoms with Gasteiger partial charge in [-0.3, -0.25) is 9.69 Å². The van der Waals surface area contributed by atoms with E-state index in [0.29, 0.717) is 17.9 Å². The molecule has 1 aromatic rings. The molecule has 2 saturated heterocycles. The van der Waals surface area contributed by atoms with Crippen LogP contribution >= 0.6 is 0 Å². The first-order valence-corrected chi connectivity index (χ1v) is 7.57. The summed E-state index contributed by atoms with van der Waals surface area (Å²) in [6.45, 7) is 3.32. The molecule has 0 radical (unpaired) electrons. The van der Waals surface area contributed by atoms with Crippen LogP contribution in [0.15, 0.2) is 42.1 Å². The maximum Gasteiger partial charge on any atom is 0.157 e. The Morgan fingerprint density at radius 1 is 1.05 bits per heavy atom. The van der Waals surface area contributed by atoms with E-state index >= 15 is 0 Å². The summed E-state index contributed by atoms with van der Waals surface area (Å²) in [6.07, 6.45) is 4.82. The fraction of sp³-hybridized carbons (Fsp3) is 0.471. The van der Waals surface area contributed by atoms with Crippen molar-refractivity contribution in [1.82, 2.24) is 9.80 Å². The highest BCUT2D eigenvalue weighted by Crippen LogP contribution is 2.36. The Kier molecular flexibility index (Phi) is 2.88. The van der Waals surface area contributed by atoms with Gasteiger partial charge in [0.15, 0.2) is 5.78 Å². The molecule has 0 saturated carbocycles. The van der Waals surface area contributed by atoms with E-state index in [1.54, 1.807) is 0 Å². The molecule has 3 heteroatoms. The first-order valence-electron chi connectivity index (χ1n) is 7.57. The van der Waals surface area contributed by atoms with Crippen LogP contribution in [-0.4, -0.2) is 40.8 Å². The first kappa shape index (κ1) is 12.2. The van der Waals surface area contributed by atoms with Gasteiger partial charge in [0.2, 0.25) is 0 Å². The second-order valence-electron chi connectivity index (χ2n) is 6.21. The van der Waals surface area contributed by atoms with Gasteiger partial charge >= 0.3 is 0 Å². The van der Waals surface area contributed by atoms with Gasteiger partial charge in [0.25, 0.3) is 0 Å². The van der Waals surface area contributed by atoms with Gasteiger partial charge in [0.05, 0.1) is 0 Å². The van der Waals surface area contributed by atoms with Crippen LogP contribution in [0.2, 0.25) is 0 Å². The van der Waals surface area contributed by atoms with Crippen LogP contribution < -0.4 is 0 Å². The van der Waals surface area contributed by atoms with Crippen LogP contribution in [0.4, 0.5) is 0 Å². The minimum Gasteiger partial charge on any atom is -0.369 e. The van der Waals surface area contributed by atoms with E-state index < -0.39 is 0 Å². The second kappa shape index (κ2) is 4.74. The molecular formula is C17H20N2O. The lowest BCUT2D eigenvalue weighted by atomic mass is 10.2. The van der Waals surface area contributed by atoms with Crippen molar-refractivity contribution in [2.75, 3.05) is 13.1 Å². The number of nitrogens with zero attached hydrogens (tertiary/aromatic N) is 2. The largest absolute Gasteiger partial charge is 0.369 e. The predicted octanol–water partition coefficient (Wildman–Crippen LogP) is 2.19. The number of hydrogen-bond acceptors (Lipinski definition) is 3. The Labute approximate surface area is 119 Å². The summed E-state index contributed by atoms with van der Waals surface area (Å²) in [5, 5.41) is 0. The maximum atomic E-state index is 11.4. The molecule has 2 fully saturated rings. The number of carbonyl (C=O) groups is 1. The Bertz CT molecular complexity index is 551. The third kappa shape index (κ3) is 2.06. The Morgan fingerprint density at radius 3 is 2.55 bits per heavy atom. The molecule has 1 aliphatic carbocycles. The van der Waals surface area contributed by atoms with Crippen molar-refractivity contribution >= 4 is 5.78 Å². The minimum absolute atomic E-state index is 0.309. The van der Waals surface area contributed by atoms with Crippen molar-refractivity contribution in [3.05, 3.63) is 47.7 Å². The highest BCUT2D eigenvalue weighted by molar-refractivity contribution is 5.92. The molecule has 1 aromatic carbocycles. The van der Waals surface area contributed by atoms with Crippen molar-refractivity contribution in [3.63, 3.8) is 0 Å². The molecule has 2 atom stereocenters. The maximum absolute atomic E-state index is 11.4. The Morgan fingerprint density at radius 2 is 1.90 bits per heavy atom. The number of piperazine rings is 1. The van der Waals surface area contributed by atoms with Gasteiger partial charge in [-0.25, -0.2) is 0 Å². The molecule has 0 spiro atoms. The van der Waals surface area contributed by atoms with E-state index in [9.17, 15) is 4.79 Å². The van der Waals surface area contributed by atoms with Crippen LogP contribution in [0.1, 0.15) is 24.8 Å². The highest BCUT2D eigenvalue weighted by atomic mass is 16.1. The van der Waals surface area contributed by atoms with Gasteiger partial charge in [-0.2, -0.15) is 0 Å². The molecule has 3 aliphatic rings. The lowest BCUT2D eigenvalue weighted by molar-refractivity contribution is -0.114. The van der Waals surface area contributed by atoms with Crippen LogP contribution in [0.25, 0.3) is 0 Å². The fourth-order valence-corrected chi connectivity index (χ4v) is 3.92. The summed E-state index contributed by atoms with van der Waals surface area (Å²) in [6, 6.07) is 12.0. The summed E-state index contributed by atoms with van der Waals surface area (Å²) in [5.74, 6) is 0.309.